The second-order valence-electron chi connectivity index (χ2n) is 15.7. The Morgan fingerprint density at radius 3 is 0.769 bits per heavy atom. The highest BCUT2D eigenvalue weighted by Gasteiger charge is 2.19. The van der Waals surface area contributed by atoms with Crippen molar-refractivity contribution >= 4 is 17.9 Å². The number of rotatable bonds is 42. The fraction of sp³-hybridized carbons (Fsp3) is 0.935. The first kappa shape index (κ1) is 50.4. The minimum Gasteiger partial charge on any atom is -0.462 e. The molecule has 0 N–H and O–H groups in total. The summed E-state index contributed by atoms with van der Waals surface area (Å²) in [6.07, 6.45) is 42.4. The summed E-state index contributed by atoms with van der Waals surface area (Å²) in [6, 6.07) is 0. The molecule has 0 aliphatic carbocycles. The maximum Gasteiger partial charge on any atom is 0.306 e. The highest BCUT2D eigenvalue weighted by atomic mass is 16.6. The van der Waals surface area contributed by atoms with Crippen molar-refractivity contribution < 1.29 is 28.6 Å². The molecule has 0 rings (SSSR count). The summed E-state index contributed by atoms with van der Waals surface area (Å²) in [5.74, 6) is -0.858. The van der Waals surface area contributed by atoms with Gasteiger partial charge in [0.1, 0.15) is 13.2 Å². The van der Waals surface area contributed by atoms with E-state index in [9.17, 15) is 14.4 Å². The van der Waals surface area contributed by atoms with E-state index < -0.39 is 6.10 Å². The largest absolute Gasteiger partial charge is 0.462 e. The Bertz CT molecular complexity index is 768. The Hall–Kier alpha value is -1.59. The molecule has 1 atom stereocenters. The van der Waals surface area contributed by atoms with Crippen LogP contribution in [0.5, 0.6) is 0 Å². The molecule has 0 aliphatic heterocycles. The minimum absolute atomic E-state index is 0.0631. The van der Waals surface area contributed by atoms with Crippen LogP contribution in [0.15, 0.2) is 0 Å². The van der Waals surface area contributed by atoms with Gasteiger partial charge in [-0.2, -0.15) is 0 Å². The average Bonchev–Trinajstić information content (AvgIpc) is 3.14. The van der Waals surface area contributed by atoms with E-state index in [4.69, 9.17) is 14.2 Å². The molecule has 0 bridgehead atoms. The summed E-state index contributed by atoms with van der Waals surface area (Å²) < 4.78 is 16.7. The summed E-state index contributed by atoms with van der Waals surface area (Å²) in [5.41, 5.74) is 0. The monoisotopic (exact) mass is 737 g/mol. The second-order valence-corrected chi connectivity index (χ2v) is 15.7. The van der Waals surface area contributed by atoms with Crippen LogP contribution in [0.25, 0.3) is 0 Å². The number of hydrogen-bond acceptors (Lipinski definition) is 6. The molecular weight excluding hydrogens is 648 g/mol. The highest BCUT2D eigenvalue weighted by molar-refractivity contribution is 5.71. The van der Waals surface area contributed by atoms with Crippen molar-refractivity contribution in [3.63, 3.8) is 0 Å². The molecule has 6 heteroatoms. The van der Waals surface area contributed by atoms with Crippen LogP contribution in [0.2, 0.25) is 0 Å². The lowest BCUT2D eigenvalue weighted by molar-refractivity contribution is -0.167. The first-order chi connectivity index (χ1) is 25.5. The molecule has 0 saturated heterocycles. The number of unbranched alkanes of at least 4 members (excludes halogenated alkanes) is 31. The van der Waals surface area contributed by atoms with Crippen molar-refractivity contribution in [2.75, 3.05) is 13.2 Å². The smallest absolute Gasteiger partial charge is 0.306 e. The molecule has 0 spiro atoms. The summed E-state index contributed by atoms with van der Waals surface area (Å²) in [7, 11) is 0. The molecule has 0 amide bonds. The lowest BCUT2D eigenvalue weighted by Gasteiger charge is -2.18. The van der Waals surface area contributed by atoms with Crippen LogP contribution in [-0.2, 0) is 28.6 Å². The molecule has 0 saturated carbocycles. The van der Waals surface area contributed by atoms with Gasteiger partial charge in [0.2, 0.25) is 0 Å². The van der Waals surface area contributed by atoms with Gasteiger partial charge >= 0.3 is 17.9 Å². The van der Waals surface area contributed by atoms with E-state index >= 15 is 0 Å². The quantitative estimate of drug-likeness (QED) is 0.0353. The zero-order valence-corrected chi connectivity index (χ0v) is 35.1. The molecule has 0 aromatic carbocycles. The van der Waals surface area contributed by atoms with Gasteiger partial charge in [-0.05, 0) is 19.3 Å². The van der Waals surface area contributed by atoms with Crippen LogP contribution in [0, 0.1) is 0 Å². The zero-order chi connectivity index (χ0) is 38.0. The fourth-order valence-electron chi connectivity index (χ4n) is 6.85. The van der Waals surface area contributed by atoms with Crippen molar-refractivity contribution in [2.24, 2.45) is 0 Å². The number of esters is 3. The molecule has 0 aromatic rings. The normalized spacial score (nSPS) is 11.8. The van der Waals surface area contributed by atoms with E-state index in [1.54, 1.807) is 0 Å². The Balaban J connectivity index is 4.22. The Labute approximate surface area is 323 Å². The predicted octanol–water partition coefficient (Wildman–Crippen LogP) is 14.5. The van der Waals surface area contributed by atoms with Crippen LogP contribution >= 0.6 is 0 Å². The van der Waals surface area contributed by atoms with Crippen LogP contribution in [0.4, 0.5) is 0 Å². The first-order valence-corrected chi connectivity index (χ1v) is 23.0. The van der Waals surface area contributed by atoms with Gasteiger partial charge in [0.25, 0.3) is 0 Å². The lowest BCUT2D eigenvalue weighted by Crippen LogP contribution is -2.30. The number of hydrogen-bond donors (Lipinski definition) is 0. The van der Waals surface area contributed by atoms with Crippen molar-refractivity contribution in [1.29, 1.82) is 0 Å². The summed E-state index contributed by atoms with van der Waals surface area (Å²) in [5, 5.41) is 0. The van der Waals surface area contributed by atoms with Gasteiger partial charge in [0, 0.05) is 19.3 Å². The van der Waals surface area contributed by atoms with Gasteiger partial charge in [-0.25, -0.2) is 0 Å². The van der Waals surface area contributed by atoms with Crippen LogP contribution in [0.1, 0.15) is 258 Å². The number of ether oxygens (including phenoxy) is 3. The third-order valence-corrected chi connectivity index (χ3v) is 10.4. The number of carbonyl (C=O) groups excluding carboxylic acids is 3. The number of carbonyl (C=O) groups is 3. The van der Waals surface area contributed by atoms with E-state index in [2.05, 4.69) is 20.8 Å². The standard InChI is InChI=1S/C46H88O6/c1-4-7-10-13-16-18-20-21-22-23-24-26-27-30-33-36-39-45(48)51-42-43(41-50-44(47)38-35-32-29-15-12-9-6-3)52-46(49)40-37-34-31-28-25-19-17-14-11-8-5-2/h43H,4-42H2,1-3H3. The van der Waals surface area contributed by atoms with E-state index in [1.807, 2.05) is 0 Å². The molecule has 0 heterocycles. The maximum absolute atomic E-state index is 12.7. The fourth-order valence-corrected chi connectivity index (χ4v) is 6.85. The van der Waals surface area contributed by atoms with Gasteiger partial charge in [0.15, 0.2) is 6.10 Å². The Morgan fingerprint density at radius 1 is 0.308 bits per heavy atom. The molecule has 0 radical (unpaired) electrons. The Morgan fingerprint density at radius 2 is 0.519 bits per heavy atom. The summed E-state index contributed by atoms with van der Waals surface area (Å²) in [6.45, 7) is 6.61. The summed E-state index contributed by atoms with van der Waals surface area (Å²) in [4.78, 5) is 37.6. The minimum atomic E-state index is -0.757. The molecule has 0 fully saturated rings. The molecule has 6 nitrogen and oxygen atoms in total. The lowest BCUT2D eigenvalue weighted by atomic mass is 10.0. The van der Waals surface area contributed by atoms with Gasteiger partial charge in [-0.1, -0.05) is 220 Å². The van der Waals surface area contributed by atoms with Gasteiger partial charge in [0.05, 0.1) is 0 Å². The topological polar surface area (TPSA) is 78.9 Å². The van der Waals surface area contributed by atoms with Crippen LogP contribution in [0.3, 0.4) is 0 Å². The molecule has 1 unspecified atom stereocenters. The molecule has 0 aliphatic rings. The molecule has 0 aromatic heterocycles. The maximum atomic E-state index is 12.7. The van der Waals surface area contributed by atoms with Gasteiger partial charge in [-0.15, -0.1) is 0 Å². The van der Waals surface area contributed by atoms with Crippen molar-refractivity contribution in [2.45, 2.75) is 264 Å². The molecule has 308 valence electrons. The predicted molar refractivity (Wildman–Crippen MR) is 220 cm³/mol. The van der Waals surface area contributed by atoms with E-state index in [0.29, 0.717) is 19.3 Å². The molecule has 52 heavy (non-hydrogen) atoms. The van der Waals surface area contributed by atoms with Crippen molar-refractivity contribution in [1.82, 2.24) is 0 Å². The van der Waals surface area contributed by atoms with E-state index in [1.165, 1.54) is 161 Å². The SMILES string of the molecule is CCCCCCCCCCCCCCCCCCC(=O)OCC(COC(=O)CCCCCCCCC)OC(=O)CCCCCCCCCCCCC. The van der Waals surface area contributed by atoms with Crippen molar-refractivity contribution in [3.05, 3.63) is 0 Å². The van der Waals surface area contributed by atoms with Crippen LogP contribution < -0.4 is 0 Å². The summed E-state index contributed by atoms with van der Waals surface area (Å²) >= 11 is 0. The van der Waals surface area contributed by atoms with Gasteiger partial charge < -0.3 is 14.2 Å². The van der Waals surface area contributed by atoms with Gasteiger partial charge in [-0.3, -0.25) is 14.4 Å². The Kier molecular flexibility index (Phi) is 40.9. The second kappa shape index (κ2) is 42.2. The third-order valence-electron chi connectivity index (χ3n) is 10.4. The van der Waals surface area contributed by atoms with Crippen LogP contribution in [-0.4, -0.2) is 37.2 Å². The highest BCUT2D eigenvalue weighted by Crippen LogP contribution is 2.16. The molecular formula is C46H88O6. The first-order valence-electron chi connectivity index (χ1n) is 23.0. The van der Waals surface area contributed by atoms with Crippen molar-refractivity contribution in [3.8, 4) is 0 Å². The van der Waals surface area contributed by atoms with E-state index in [0.717, 1.165) is 57.8 Å². The third kappa shape index (κ3) is 39.6. The average molecular weight is 737 g/mol. The zero-order valence-electron chi connectivity index (χ0n) is 35.1. The van der Waals surface area contributed by atoms with E-state index in [-0.39, 0.29) is 31.1 Å².